The molecule has 2 fully saturated rings. The van der Waals surface area contributed by atoms with Crippen molar-refractivity contribution in [1.29, 1.82) is 0 Å². The Hall–Kier alpha value is -1.78. The van der Waals surface area contributed by atoms with Crippen molar-refractivity contribution in [1.82, 2.24) is 0 Å². The van der Waals surface area contributed by atoms with Crippen LogP contribution in [0.25, 0.3) is 0 Å². The summed E-state index contributed by atoms with van der Waals surface area (Å²) in [5.41, 5.74) is 2.00. The van der Waals surface area contributed by atoms with Gasteiger partial charge in [0.1, 0.15) is 17.7 Å². The molecule has 0 radical (unpaired) electrons. The van der Waals surface area contributed by atoms with Gasteiger partial charge in [0, 0.05) is 6.61 Å². The molecule has 2 aliphatic heterocycles. The van der Waals surface area contributed by atoms with E-state index in [0.717, 1.165) is 24.0 Å². The number of ether oxygens (including phenoxy) is 2. The highest BCUT2D eigenvalue weighted by molar-refractivity contribution is 5.30. The fraction of sp³-hybridized carbons (Fsp3) is 0.571. The van der Waals surface area contributed by atoms with Crippen LogP contribution in [-0.2, 0) is 9.47 Å². The number of hydrogen-bond donors (Lipinski definition) is 0. The number of benzene rings is 2. The molecular weight excluding hydrogens is 406 g/mol. The molecule has 0 aliphatic carbocycles. The maximum Gasteiger partial charge on any atom is 0.123 e. The lowest BCUT2D eigenvalue weighted by Crippen LogP contribution is -2.32. The van der Waals surface area contributed by atoms with E-state index in [1.165, 1.54) is 88.5 Å². The van der Waals surface area contributed by atoms with Crippen molar-refractivity contribution in [3.63, 3.8) is 0 Å². The summed E-state index contributed by atoms with van der Waals surface area (Å²) in [6.07, 6.45) is 15.1. The Kier molecular flexibility index (Phi) is 8.31. The molecule has 2 bridgehead atoms. The van der Waals surface area contributed by atoms with Gasteiger partial charge in [-0.05, 0) is 80.3 Å². The molecule has 0 aromatic heterocycles. The molecule has 2 saturated heterocycles. The van der Waals surface area contributed by atoms with Gasteiger partial charge in [0.05, 0.1) is 11.7 Å². The summed E-state index contributed by atoms with van der Waals surface area (Å²) in [5.74, 6) is -0.539. The van der Waals surface area contributed by atoms with Gasteiger partial charge in [0.25, 0.3) is 0 Å². The van der Waals surface area contributed by atoms with Crippen LogP contribution in [0.5, 0.6) is 0 Å². The van der Waals surface area contributed by atoms with Gasteiger partial charge in [0.15, 0.2) is 0 Å². The molecule has 174 valence electrons. The number of halogens is 2. The largest absolute Gasteiger partial charge is 0.372 e. The monoisotopic (exact) mass is 442 g/mol. The second kappa shape index (κ2) is 11.4. The SMILES string of the molecule is Fc1ccc(C(OCCCCCCCCC23CCCC(CC2)O3)c2ccc(F)cc2)cc1. The predicted octanol–water partition coefficient (Wildman–Crippen LogP) is 7.90. The van der Waals surface area contributed by atoms with Crippen LogP contribution < -0.4 is 0 Å². The molecular formula is C28H36F2O2. The summed E-state index contributed by atoms with van der Waals surface area (Å²) in [4.78, 5) is 0. The molecule has 2 unspecified atom stereocenters. The Labute approximate surface area is 191 Å². The molecule has 2 atom stereocenters. The van der Waals surface area contributed by atoms with E-state index < -0.39 is 0 Å². The van der Waals surface area contributed by atoms with Crippen LogP contribution in [0, 0.1) is 11.6 Å². The lowest BCUT2D eigenvalue weighted by Gasteiger charge is -2.33. The Balaban J connectivity index is 1.14. The van der Waals surface area contributed by atoms with Crippen LogP contribution in [0.2, 0.25) is 0 Å². The summed E-state index contributed by atoms with van der Waals surface area (Å²) < 4.78 is 39.1. The van der Waals surface area contributed by atoms with Crippen LogP contribution in [0.1, 0.15) is 94.3 Å². The smallest absolute Gasteiger partial charge is 0.123 e. The van der Waals surface area contributed by atoms with E-state index in [-0.39, 0.29) is 23.3 Å². The highest BCUT2D eigenvalue weighted by Gasteiger charge is 2.42. The zero-order valence-electron chi connectivity index (χ0n) is 19.0. The summed E-state index contributed by atoms with van der Waals surface area (Å²) >= 11 is 0. The Morgan fingerprint density at radius 1 is 0.781 bits per heavy atom. The van der Waals surface area contributed by atoms with Crippen molar-refractivity contribution in [2.24, 2.45) is 0 Å². The van der Waals surface area contributed by atoms with Gasteiger partial charge < -0.3 is 9.47 Å². The molecule has 0 spiro atoms. The van der Waals surface area contributed by atoms with Gasteiger partial charge in [-0.25, -0.2) is 8.78 Å². The maximum absolute atomic E-state index is 13.3. The Bertz CT molecular complexity index is 771. The van der Waals surface area contributed by atoms with E-state index >= 15 is 0 Å². The van der Waals surface area contributed by atoms with Crippen molar-refractivity contribution in [3.8, 4) is 0 Å². The number of unbranched alkanes of at least 4 members (excludes halogenated alkanes) is 5. The second-order valence-corrected chi connectivity index (χ2v) is 9.58. The maximum atomic E-state index is 13.3. The van der Waals surface area contributed by atoms with Gasteiger partial charge in [-0.1, -0.05) is 56.4 Å². The molecule has 4 rings (SSSR count). The molecule has 2 aromatic rings. The van der Waals surface area contributed by atoms with Crippen molar-refractivity contribution in [2.45, 2.75) is 94.9 Å². The number of hydrogen-bond acceptors (Lipinski definition) is 2. The Morgan fingerprint density at radius 3 is 2.03 bits per heavy atom. The predicted molar refractivity (Wildman–Crippen MR) is 124 cm³/mol. The minimum absolute atomic E-state index is 0.229. The van der Waals surface area contributed by atoms with Crippen molar-refractivity contribution >= 4 is 0 Å². The first-order chi connectivity index (χ1) is 15.6. The molecule has 32 heavy (non-hydrogen) atoms. The topological polar surface area (TPSA) is 18.5 Å². The summed E-state index contributed by atoms with van der Waals surface area (Å²) in [6, 6.07) is 12.7. The zero-order chi connectivity index (χ0) is 22.2. The van der Waals surface area contributed by atoms with E-state index in [1.54, 1.807) is 24.3 Å². The van der Waals surface area contributed by atoms with E-state index in [0.29, 0.717) is 12.7 Å². The highest BCUT2D eigenvalue weighted by atomic mass is 19.1. The van der Waals surface area contributed by atoms with Gasteiger partial charge in [-0.15, -0.1) is 0 Å². The molecule has 0 amide bonds. The fourth-order valence-corrected chi connectivity index (χ4v) is 5.36. The molecule has 2 nitrogen and oxygen atoms in total. The third-order valence-electron chi connectivity index (χ3n) is 7.15. The molecule has 0 saturated carbocycles. The normalized spacial score (nSPS) is 22.5. The van der Waals surface area contributed by atoms with Crippen molar-refractivity contribution in [2.75, 3.05) is 6.61 Å². The molecule has 2 heterocycles. The van der Waals surface area contributed by atoms with E-state index in [2.05, 4.69) is 0 Å². The third kappa shape index (κ3) is 6.39. The van der Waals surface area contributed by atoms with Gasteiger partial charge in [-0.3, -0.25) is 0 Å². The van der Waals surface area contributed by atoms with E-state index in [1.807, 2.05) is 0 Å². The standard InChI is InChI=1S/C28H36F2O2/c29-24-13-9-22(10-14-24)27(23-11-15-25(30)16-12-23)31-21-6-4-2-1-3-5-18-28-19-7-8-26(32-28)17-20-28/h9-16,26-27H,1-8,17-21H2. The second-order valence-electron chi connectivity index (χ2n) is 9.58. The minimum Gasteiger partial charge on any atom is -0.372 e. The van der Waals surface area contributed by atoms with Crippen molar-refractivity contribution < 1.29 is 18.3 Å². The Morgan fingerprint density at radius 2 is 1.38 bits per heavy atom. The molecule has 2 aromatic carbocycles. The first kappa shape index (κ1) is 23.4. The van der Waals surface area contributed by atoms with E-state index in [4.69, 9.17) is 9.47 Å². The fourth-order valence-electron chi connectivity index (χ4n) is 5.36. The van der Waals surface area contributed by atoms with Crippen LogP contribution >= 0.6 is 0 Å². The van der Waals surface area contributed by atoms with Gasteiger partial charge >= 0.3 is 0 Å². The number of fused-ring (bicyclic) bond motifs is 2. The quantitative estimate of drug-likeness (QED) is 0.311. The average Bonchev–Trinajstić information content (AvgIpc) is 3.10. The van der Waals surface area contributed by atoms with Crippen LogP contribution in [0.3, 0.4) is 0 Å². The number of rotatable bonds is 12. The van der Waals surface area contributed by atoms with Crippen LogP contribution in [0.15, 0.2) is 48.5 Å². The van der Waals surface area contributed by atoms with Gasteiger partial charge in [0.2, 0.25) is 0 Å². The summed E-state index contributed by atoms with van der Waals surface area (Å²) in [5, 5.41) is 0. The minimum atomic E-state index is -0.304. The molecule has 0 N–H and O–H groups in total. The summed E-state index contributed by atoms with van der Waals surface area (Å²) in [6.45, 7) is 0.637. The van der Waals surface area contributed by atoms with Gasteiger partial charge in [-0.2, -0.15) is 0 Å². The van der Waals surface area contributed by atoms with Crippen LogP contribution in [0.4, 0.5) is 8.78 Å². The van der Waals surface area contributed by atoms with Crippen LogP contribution in [-0.4, -0.2) is 18.3 Å². The first-order valence-corrected chi connectivity index (χ1v) is 12.4. The lowest BCUT2D eigenvalue weighted by atomic mass is 9.88. The molecule has 4 heteroatoms. The third-order valence-corrected chi connectivity index (χ3v) is 7.15. The average molecular weight is 443 g/mol. The first-order valence-electron chi connectivity index (χ1n) is 12.4. The van der Waals surface area contributed by atoms with E-state index in [9.17, 15) is 8.78 Å². The summed E-state index contributed by atoms with van der Waals surface area (Å²) in [7, 11) is 0. The van der Waals surface area contributed by atoms with Crippen molar-refractivity contribution in [3.05, 3.63) is 71.3 Å². The lowest BCUT2D eigenvalue weighted by molar-refractivity contribution is -0.0822. The molecule has 2 aliphatic rings. The zero-order valence-corrected chi connectivity index (χ0v) is 19.0. The highest BCUT2D eigenvalue weighted by Crippen LogP contribution is 2.44.